The molecule has 1 heterocycles. The topological polar surface area (TPSA) is 84.6 Å². The van der Waals surface area contributed by atoms with E-state index in [1.54, 1.807) is 18.2 Å². The molecule has 5 nitrogen and oxygen atoms in total. The highest BCUT2D eigenvalue weighted by molar-refractivity contribution is 6.30. The maximum Gasteiger partial charge on any atom is 0.340 e. The Morgan fingerprint density at radius 3 is 2.31 bits per heavy atom. The third-order valence-corrected chi connectivity index (χ3v) is 4.88. The lowest BCUT2D eigenvalue weighted by atomic mass is 9.84. The number of fused-ring (bicyclic) bond motifs is 2. The summed E-state index contributed by atoms with van der Waals surface area (Å²) in [6.45, 7) is 4.09. The first kappa shape index (κ1) is 18.8. The lowest BCUT2D eigenvalue weighted by Crippen LogP contribution is -2.21. The van der Waals surface area contributed by atoms with E-state index in [1.165, 1.54) is 12.1 Å². The van der Waals surface area contributed by atoms with Crippen LogP contribution in [0.3, 0.4) is 0 Å². The number of aromatic carboxylic acids is 1. The van der Waals surface area contributed by atoms with Crippen molar-refractivity contribution in [3.63, 3.8) is 0 Å². The summed E-state index contributed by atoms with van der Waals surface area (Å²) in [5.41, 5.74) is 0.893. The van der Waals surface area contributed by atoms with E-state index in [-0.39, 0.29) is 39.3 Å². The van der Waals surface area contributed by atoms with Gasteiger partial charge in [-0.15, -0.1) is 0 Å². The third kappa shape index (κ3) is 3.06. The summed E-state index contributed by atoms with van der Waals surface area (Å²) in [6.07, 6.45) is 0.737. The predicted molar refractivity (Wildman–Crippen MR) is 103 cm³/mol. The van der Waals surface area contributed by atoms with Gasteiger partial charge in [-0.25, -0.2) is 9.18 Å². The molecule has 3 aromatic rings. The minimum atomic E-state index is -1.39. The summed E-state index contributed by atoms with van der Waals surface area (Å²) in [5, 5.41) is 9.72. The average molecular weight is 392 g/mol. The first-order chi connectivity index (χ1) is 13.8. The number of benzene rings is 2. The molecule has 146 valence electrons. The first-order valence-corrected chi connectivity index (χ1v) is 9.16. The zero-order valence-corrected chi connectivity index (χ0v) is 15.8. The number of carboxylic acids is 1. The van der Waals surface area contributed by atoms with Crippen molar-refractivity contribution in [3.05, 3.63) is 81.9 Å². The minimum Gasteiger partial charge on any atom is -0.478 e. The van der Waals surface area contributed by atoms with Gasteiger partial charge in [0.1, 0.15) is 17.1 Å². The van der Waals surface area contributed by atoms with Crippen LogP contribution in [0.1, 0.15) is 61.8 Å². The van der Waals surface area contributed by atoms with Gasteiger partial charge >= 0.3 is 5.97 Å². The number of hydrogen-bond acceptors (Lipinski definition) is 4. The monoisotopic (exact) mass is 392 g/mol. The molecule has 1 N–H and O–H groups in total. The van der Waals surface area contributed by atoms with Gasteiger partial charge in [0.05, 0.1) is 5.56 Å². The normalized spacial score (nSPS) is 12.8. The van der Waals surface area contributed by atoms with Crippen LogP contribution in [-0.4, -0.2) is 22.6 Å². The van der Waals surface area contributed by atoms with Crippen LogP contribution in [0.15, 0.2) is 46.9 Å². The Morgan fingerprint density at radius 1 is 1.00 bits per heavy atom. The van der Waals surface area contributed by atoms with Crippen molar-refractivity contribution in [2.75, 3.05) is 0 Å². The van der Waals surface area contributed by atoms with Gasteiger partial charge in [0.15, 0.2) is 11.5 Å². The predicted octanol–water partition coefficient (Wildman–Crippen LogP) is 4.76. The molecule has 0 unspecified atom stereocenters. The van der Waals surface area contributed by atoms with Crippen LogP contribution in [0.2, 0.25) is 0 Å². The number of ketones is 2. The Morgan fingerprint density at radius 2 is 1.69 bits per heavy atom. The number of furan rings is 1. The molecular formula is C23H17FO5. The standard InChI is InChI=1S/C23H17FO5/c1-11(2)9-12-3-8-15-16(10-12)20(26)22-17(19(15)25)18(23(27)28)21(29-22)13-4-6-14(24)7-5-13/h3-8,10-11H,9H2,1-2H3,(H,27,28). The molecule has 0 bridgehead atoms. The molecule has 0 radical (unpaired) electrons. The average Bonchev–Trinajstić information content (AvgIpc) is 3.07. The van der Waals surface area contributed by atoms with Gasteiger partial charge in [0.2, 0.25) is 5.78 Å². The second-order valence-electron chi connectivity index (χ2n) is 7.46. The van der Waals surface area contributed by atoms with Crippen molar-refractivity contribution in [3.8, 4) is 11.3 Å². The molecule has 0 fully saturated rings. The van der Waals surface area contributed by atoms with E-state index in [9.17, 15) is 23.9 Å². The van der Waals surface area contributed by atoms with E-state index in [1.807, 2.05) is 13.8 Å². The van der Waals surface area contributed by atoms with E-state index in [4.69, 9.17) is 4.42 Å². The number of carboxylic acid groups (broad SMARTS) is 1. The lowest BCUT2D eigenvalue weighted by molar-refractivity contribution is 0.0693. The summed E-state index contributed by atoms with van der Waals surface area (Å²) in [4.78, 5) is 38.1. The smallest absolute Gasteiger partial charge is 0.340 e. The molecule has 2 aromatic carbocycles. The van der Waals surface area contributed by atoms with Crippen LogP contribution in [0.25, 0.3) is 11.3 Å². The van der Waals surface area contributed by atoms with Gasteiger partial charge in [-0.05, 0) is 48.2 Å². The summed E-state index contributed by atoms with van der Waals surface area (Å²) < 4.78 is 18.9. The van der Waals surface area contributed by atoms with E-state index >= 15 is 0 Å². The van der Waals surface area contributed by atoms with Gasteiger partial charge in [-0.1, -0.05) is 26.0 Å². The second-order valence-corrected chi connectivity index (χ2v) is 7.46. The minimum absolute atomic E-state index is 0.139. The first-order valence-electron chi connectivity index (χ1n) is 9.16. The summed E-state index contributed by atoms with van der Waals surface area (Å²) in [7, 11) is 0. The van der Waals surface area contributed by atoms with E-state index in [0.717, 1.165) is 24.1 Å². The van der Waals surface area contributed by atoms with Gasteiger partial charge in [-0.2, -0.15) is 0 Å². The van der Waals surface area contributed by atoms with E-state index in [0.29, 0.717) is 5.92 Å². The molecule has 4 rings (SSSR count). The van der Waals surface area contributed by atoms with Gasteiger partial charge in [0, 0.05) is 16.7 Å². The number of halogens is 1. The van der Waals surface area contributed by atoms with Crippen LogP contribution in [0, 0.1) is 11.7 Å². The Hall–Kier alpha value is -3.54. The van der Waals surface area contributed by atoms with Crippen molar-refractivity contribution >= 4 is 17.5 Å². The molecule has 1 aliphatic rings. The quantitative estimate of drug-likeness (QED) is 0.541. The molecule has 29 heavy (non-hydrogen) atoms. The molecule has 0 atom stereocenters. The fourth-order valence-corrected chi connectivity index (χ4v) is 3.65. The fraction of sp³-hybridized carbons (Fsp3) is 0.174. The Bertz CT molecular complexity index is 1170. The molecule has 6 heteroatoms. The summed E-state index contributed by atoms with van der Waals surface area (Å²) in [5.74, 6) is -3.06. The zero-order chi connectivity index (χ0) is 20.9. The van der Waals surface area contributed by atoms with Crippen molar-refractivity contribution in [1.82, 2.24) is 0 Å². The number of rotatable bonds is 4. The SMILES string of the molecule is CC(C)Cc1ccc2c(c1)C(=O)c1oc(-c3ccc(F)cc3)c(C(=O)O)c1C2=O. The van der Waals surface area contributed by atoms with Crippen LogP contribution >= 0.6 is 0 Å². The summed E-state index contributed by atoms with van der Waals surface area (Å²) in [6, 6.07) is 9.99. The molecule has 0 aliphatic heterocycles. The molecule has 0 amide bonds. The largest absolute Gasteiger partial charge is 0.478 e. The highest BCUT2D eigenvalue weighted by Gasteiger charge is 2.39. The maximum absolute atomic E-state index is 13.3. The molecule has 0 saturated heterocycles. The Kier molecular flexibility index (Phi) is 4.42. The fourth-order valence-electron chi connectivity index (χ4n) is 3.65. The van der Waals surface area contributed by atoms with Crippen molar-refractivity contribution in [2.24, 2.45) is 5.92 Å². The van der Waals surface area contributed by atoms with Crippen molar-refractivity contribution < 1.29 is 28.3 Å². The van der Waals surface area contributed by atoms with Crippen LogP contribution in [-0.2, 0) is 6.42 Å². The zero-order valence-electron chi connectivity index (χ0n) is 15.8. The second kappa shape index (κ2) is 6.81. The van der Waals surface area contributed by atoms with Gasteiger partial charge < -0.3 is 9.52 Å². The van der Waals surface area contributed by atoms with E-state index in [2.05, 4.69) is 0 Å². The highest BCUT2D eigenvalue weighted by atomic mass is 19.1. The molecule has 0 spiro atoms. The van der Waals surface area contributed by atoms with Crippen LogP contribution in [0.4, 0.5) is 4.39 Å². The highest BCUT2D eigenvalue weighted by Crippen LogP contribution is 2.38. The lowest BCUT2D eigenvalue weighted by Gasteiger charge is -2.15. The number of carbonyl (C=O) groups excluding carboxylic acids is 2. The Labute approximate surface area is 165 Å². The van der Waals surface area contributed by atoms with Gasteiger partial charge in [0.25, 0.3) is 0 Å². The van der Waals surface area contributed by atoms with E-state index < -0.39 is 23.4 Å². The molecule has 0 saturated carbocycles. The van der Waals surface area contributed by atoms with Gasteiger partial charge in [-0.3, -0.25) is 9.59 Å². The van der Waals surface area contributed by atoms with Crippen LogP contribution in [0.5, 0.6) is 0 Å². The van der Waals surface area contributed by atoms with Crippen LogP contribution < -0.4 is 0 Å². The van der Waals surface area contributed by atoms with Crippen molar-refractivity contribution in [2.45, 2.75) is 20.3 Å². The number of carbonyl (C=O) groups is 3. The third-order valence-electron chi connectivity index (χ3n) is 4.88. The Balaban J connectivity index is 1.91. The summed E-state index contributed by atoms with van der Waals surface area (Å²) >= 11 is 0. The molecule has 1 aliphatic carbocycles. The molecule has 1 aromatic heterocycles. The number of hydrogen-bond donors (Lipinski definition) is 1. The molecular weight excluding hydrogens is 375 g/mol. The maximum atomic E-state index is 13.3. The van der Waals surface area contributed by atoms with Crippen molar-refractivity contribution in [1.29, 1.82) is 0 Å².